The summed E-state index contributed by atoms with van der Waals surface area (Å²) in [4.78, 5) is 4.33. The van der Waals surface area contributed by atoms with Crippen LogP contribution < -0.4 is 5.73 Å². The maximum absolute atomic E-state index is 13.7. The Morgan fingerprint density at radius 3 is 3.00 bits per heavy atom. The molecule has 3 rings (SSSR count). The van der Waals surface area contributed by atoms with Gasteiger partial charge >= 0.3 is 0 Å². The molecule has 1 aromatic carbocycles. The fourth-order valence-electron chi connectivity index (χ4n) is 2.33. The topological polar surface area (TPSA) is 43.8 Å². The molecule has 0 spiro atoms. The second-order valence-corrected chi connectivity index (χ2v) is 4.46. The zero-order chi connectivity index (χ0) is 11.8. The SMILES string of the molecule is NC1CCc2cnc(-c3ccccc3F)n2C1. The lowest BCUT2D eigenvalue weighted by molar-refractivity contribution is 0.463. The summed E-state index contributed by atoms with van der Waals surface area (Å²) in [6.45, 7) is 0.721. The van der Waals surface area contributed by atoms with Gasteiger partial charge in [-0.2, -0.15) is 0 Å². The number of hydrogen-bond donors (Lipinski definition) is 1. The van der Waals surface area contributed by atoms with Gasteiger partial charge in [0.25, 0.3) is 0 Å². The molecule has 2 aromatic rings. The Bertz CT molecular complexity index is 547. The molecule has 0 amide bonds. The molecule has 0 saturated carbocycles. The quantitative estimate of drug-likeness (QED) is 0.815. The van der Waals surface area contributed by atoms with Crippen LogP contribution in [0.5, 0.6) is 0 Å². The van der Waals surface area contributed by atoms with Crippen molar-refractivity contribution in [1.82, 2.24) is 9.55 Å². The van der Waals surface area contributed by atoms with Crippen LogP contribution in [-0.2, 0) is 13.0 Å². The zero-order valence-electron chi connectivity index (χ0n) is 9.44. The molecule has 4 heteroatoms. The first-order valence-corrected chi connectivity index (χ1v) is 5.80. The van der Waals surface area contributed by atoms with E-state index in [9.17, 15) is 4.39 Å². The van der Waals surface area contributed by atoms with Crippen LogP contribution in [0.15, 0.2) is 30.5 Å². The molecule has 2 heterocycles. The van der Waals surface area contributed by atoms with Gasteiger partial charge in [-0.15, -0.1) is 0 Å². The highest BCUT2D eigenvalue weighted by Crippen LogP contribution is 2.25. The summed E-state index contributed by atoms with van der Waals surface area (Å²) in [5.74, 6) is 0.452. The van der Waals surface area contributed by atoms with E-state index in [2.05, 4.69) is 4.98 Å². The van der Waals surface area contributed by atoms with E-state index < -0.39 is 0 Å². The van der Waals surface area contributed by atoms with Crippen molar-refractivity contribution in [2.45, 2.75) is 25.4 Å². The molecular formula is C13H14FN3. The lowest BCUT2D eigenvalue weighted by Crippen LogP contribution is -2.32. The molecule has 1 atom stereocenters. The summed E-state index contributed by atoms with van der Waals surface area (Å²) in [5, 5.41) is 0. The van der Waals surface area contributed by atoms with Crippen molar-refractivity contribution in [2.75, 3.05) is 0 Å². The third-order valence-electron chi connectivity index (χ3n) is 3.24. The largest absolute Gasteiger partial charge is 0.326 e. The number of fused-ring (bicyclic) bond motifs is 1. The molecule has 2 N–H and O–H groups in total. The number of halogens is 1. The maximum atomic E-state index is 13.7. The number of nitrogens with zero attached hydrogens (tertiary/aromatic N) is 2. The van der Waals surface area contributed by atoms with Gasteiger partial charge in [-0.3, -0.25) is 0 Å². The number of rotatable bonds is 1. The fourth-order valence-corrected chi connectivity index (χ4v) is 2.33. The fraction of sp³-hybridized carbons (Fsp3) is 0.308. The molecule has 0 saturated heterocycles. The monoisotopic (exact) mass is 231 g/mol. The van der Waals surface area contributed by atoms with Gasteiger partial charge < -0.3 is 10.3 Å². The smallest absolute Gasteiger partial charge is 0.143 e. The second kappa shape index (κ2) is 3.96. The first-order valence-electron chi connectivity index (χ1n) is 5.80. The van der Waals surface area contributed by atoms with Crippen LogP contribution in [0.1, 0.15) is 12.1 Å². The molecule has 0 bridgehead atoms. The van der Waals surface area contributed by atoms with E-state index in [4.69, 9.17) is 5.73 Å². The summed E-state index contributed by atoms with van der Waals surface area (Å²) >= 11 is 0. The van der Waals surface area contributed by atoms with Crippen molar-refractivity contribution in [3.8, 4) is 11.4 Å². The molecule has 3 nitrogen and oxygen atoms in total. The van der Waals surface area contributed by atoms with Gasteiger partial charge in [0, 0.05) is 24.5 Å². The first kappa shape index (κ1) is 10.5. The number of nitrogens with two attached hydrogens (primary N) is 1. The number of imidazole rings is 1. The highest BCUT2D eigenvalue weighted by molar-refractivity contribution is 5.57. The normalized spacial score (nSPS) is 19.1. The van der Waals surface area contributed by atoms with Gasteiger partial charge in [0.05, 0.1) is 5.56 Å². The highest BCUT2D eigenvalue weighted by Gasteiger charge is 2.20. The van der Waals surface area contributed by atoms with Crippen molar-refractivity contribution in [3.05, 3.63) is 42.0 Å². The van der Waals surface area contributed by atoms with Crippen LogP contribution in [-0.4, -0.2) is 15.6 Å². The lowest BCUT2D eigenvalue weighted by Gasteiger charge is -2.22. The van der Waals surface area contributed by atoms with E-state index in [0.717, 1.165) is 25.1 Å². The van der Waals surface area contributed by atoms with Gasteiger partial charge in [0.1, 0.15) is 11.6 Å². The van der Waals surface area contributed by atoms with E-state index in [1.54, 1.807) is 12.1 Å². The van der Waals surface area contributed by atoms with E-state index in [1.165, 1.54) is 6.07 Å². The molecule has 0 fully saturated rings. The number of benzene rings is 1. The van der Waals surface area contributed by atoms with Crippen LogP contribution in [0.4, 0.5) is 4.39 Å². The number of aryl methyl sites for hydroxylation is 1. The van der Waals surface area contributed by atoms with Gasteiger partial charge in [0.15, 0.2) is 0 Å². The van der Waals surface area contributed by atoms with Gasteiger partial charge in [-0.05, 0) is 25.0 Å². The van der Waals surface area contributed by atoms with Crippen LogP contribution >= 0.6 is 0 Å². The predicted octanol–water partition coefficient (Wildman–Crippen LogP) is 1.96. The van der Waals surface area contributed by atoms with Crippen molar-refractivity contribution in [3.63, 3.8) is 0 Å². The lowest BCUT2D eigenvalue weighted by atomic mass is 10.1. The molecular weight excluding hydrogens is 217 g/mol. The van der Waals surface area contributed by atoms with Crippen molar-refractivity contribution in [2.24, 2.45) is 5.73 Å². The summed E-state index contributed by atoms with van der Waals surface area (Å²) in [7, 11) is 0. The van der Waals surface area contributed by atoms with Crippen LogP contribution in [0.25, 0.3) is 11.4 Å². The molecule has 1 aliphatic rings. The van der Waals surface area contributed by atoms with Crippen LogP contribution in [0.2, 0.25) is 0 Å². The molecule has 1 aromatic heterocycles. The average Bonchev–Trinajstić information content (AvgIpc) is 2.72. The van der Waals surface area contributed by atoms with Gasteiger partial charge in [-0.25, -0.2) is 9.37 Å². The van der Waals surface area contributed by atoms with E-state index in [0.29, 0.717) is 11.4 Å². The predicted molar refractivity (Wildman–Crippen MR) is 63.9 cm³/mol. The average molecular weight is 231 g/mol. The minimum Gasteiger partial charge on any atom is -0.326 e. The molecule has 0 radical (unpaired) electrons. The van der Waals surface area contributed by atoms with E-state index in [1.807, 2.05) is 16.8 Å². The van der Waals surface area contributed by atoms with Crippen molar-refractivity contribution in [1.29, 1.82) is 0 Å². The molecule has 1 aliphatic heterocycles. The molecule has 88 valence electrons. The van der Waals surface area contributed by atoms with Gasteiger partial charge in [0.2, 0.25) is 0 Å². The summed E-state index contributed by atoms with van der Waals surface area (Å²) in [6.07, 6.45) is 3.72. The maximum Gasteiger partial charge on any atom is 0.143 e. The standard InChI is InChI=1S/C13H14FN3/c14-12-4-2-1-3-11(12)13-16-7-10-6-5-9(15)8-17(10)13/h1-4,7,9H,5-6,8,15H2. The minimum absolute atomic E-state index is 0.141. The van der Waals surface area contributed by atoms with E-state index >= 15 is 0 Å². The summed E-state index contributed by atoms with van der Waals surface area (Å²) in [5.41, 5.74) is 7.64. The minimum atomic E-state index is -0.236. The summed E-state index contributed by atoms with van der Waals surface area (Å²) < 4.78 is 15.8. The zero-order valence-corrected chi connectivity index (χ0v) is 9.44. The Hall–Kier alpha value is -1.68. The molecule has 17 heavy (non-hydrogen) atoms. The van der Waals surface area contributed by atoms with Crippen molar-refractivity contribution < 1.29 is 4.39 Å². The molecule has 0 aliphatic carbocycles. The Kier molecular flexibility index (Phi) is 2.44. The second-order valence-electron chi connectivity index (χ2n) is 4.46. The van der Waals surface area contributed by atoms with Crippen molar-refractivity contribution >= 4 is 0 Å². The highest BCUT2D eigenvalue weighted by atomic mass is 19.1. The van der Waals surface area contributed by atoms with Gasteiger partial charge in [-0.1, -0.05) is 12.1 Å². The Morgan fingerprint density at radius 1 is 1.35 bits per heavy atom. The third kappa shape index (κ3) is 1.74. The Balaban J connectivity index is 2.11. The Labute approximate surface area is 99.1 Å². The van der Waals surface area contributed by atoms with E-state index in [-0.39, 0.29) is 11.9 Å². The summed E-state index contributed by atoms with van der Waals surface area (Å²) in [6, 6.07) is 6.86. The number of hydrogen-bond acceptors (Lipinski definition) is 2. The number of aromatic nitrogens is 2. The van der Waals surface area contributed by atoms with Crippen LogP contribution in [0.3, 0.4) is 0 Å². The third-order valence-corrected chi connectivity index (χ3v) is 3.24. The van der Waals surface area contributed by atoms with Crippen LogP contribution in [0, 0.1) is 5.82 Å². The molecule has 1 unspecified atom stereocenters. The first-order chi connectivity index (χ1) is 8.25. The Morgan fingerprint density at radius 2 is 2.18 bits per heavy atom.